The molecule has 0 saturated heterocycles. The van der Waals surface area contributed by atoms with Gasteiger partial charge in [0, 0.05) is 17.6 Å². The highest BCUT2D eigenvalue weighted by Crippen LogP contribution is 2.20. The van der Waals surface area contributed by atoms with Gasteiger partial charge in [-0.2, -0.15) is 0 Å². The summed E-state index contributed by atoms with van der Waals surface area (Å²) >= 11 is 0. The molecule has 2 aromatic carbocycles. The van der Waals surface area contributed by atoms with Crippen LogP contribution in [0.25, 0.3) is 0 Å². The monoisotopic (exact) mass is 333 g/mol. The van der Waals surface area contributed by atoms with Crippen molar-refractivity contribution in [3.63, 3.8) is 0 Å². The number of hydrogen-bond acceptors (Lipinski definition) is 4. The second-order valence-electron chi connectivity index (χ2n) is 5.64. The molecule has 0 saturated carbocycles. The molecule has 0 aliphatic rings. The Labute approximate surface area is 146 Å². The molecule has 0 radical (unpaired) electrons. The molecular formula is C20H19N3O2. The van der Waals surface area contributed by atoms with Gasteiger partial charge < -0.3 is 15.4 Å². The summed E-state index contributed by atoms with van der Waals surface area (Å²) in [5.41, 5.74) is 4.01. The quantitative estimate of drug-likeness (QED) is 0.727. The van der Waals surface area contributed by atoms with E-state index in [1.54, 1.807) is 25.6 Å². The Kier molecular flexibility index (Phi) is 4.95. The smallest absolute Gasteiger partial charge is 0.257 e. The number of carbonyl (C=O) groups excluding carboxylic acids is 1. The molecule has 25 heavy (non-hydrogen) atoms. The first-order valence-corrected chi connectivity index (χ1v) is 7.88. The highest BCUT2D eigenvalue weighted by molar-refractivity contribution is 6.04. The van der Waals surface area contributed by atoms with E-state index in [4.69, 9.17) is 4.74 Å². The number of amides is 1. The number of rotatable bonds is 5. The van der Waals surface area contributed by atoms with Crippen molar-refractivity contribution in [2.45, 2.75) is 6.92 Å². The van der Waals surface area contributed by atoms with Crippen LogP contribution in [0.15, 0.2) is 67.0 Å². The highest BCUT2D eigenvalue weighted by atomic mass is 16.5. The van der Waals surface area contributed by atoms with Gasteiger partial charge in [-0.1, -0.05) is 17.7 Å². The van der Waals surface area contributed by atoms with Crippen LogP contribution in [-0.4, -0.2) is 18.0 Å². The second-order valence-corrected chi connectivity index (χ2v) is 5.64. The lowest BCUT2D eigenvalue weighted by Gasteiger charge is -2.09. The molecule has 5 heteroatoms. The maximum atomic E-state index is 12.4. The van der Waals surface area contributed by atoms with Crippen LogP contribution in [-0.2, 0) is 0 Å². The van der Waals surface area contributed by atoms with Crippen molar-refractivity contribution in [2.24, 2.45) is 0 Å². The standard InChI is InChI=1S/C20H19N3O2/c1-14-3-5-17(6-4-14)23-20(24)15-11-18(13-21-12-15)22-16-7-9-19(25-2)10-8-16/h3-13,22H,1-2H3,(H,23,24). The van der Waals surface area contributed by atoms with Gasteiger partial charge in [0.2, 0.25) is 0 Å². The Balaban J connectivity index is 1.71. The van der Waals surface area contributed by atoms with Gasteiger partial charge in [-0.05, 0) is 49.4 Å². The zero-order valence-corrected chi connectivity index (χ0v) is 14.1. The number of aromatic nitrogens is 1. The molecule has 1 heterocycles. The SMILES string of the molecule is COc1ccc(Nc2cncc(C(=O)Nc3ccc(C)cc3)c2)cc1. The molecule has 126 valence electrons. The molecule has 3 rings (SSSR count). The molecule has 0 bridgehead atoms. The van der Waals surface area contributed by atoms with Crippen LogP contribution in [0.1, 0.15) is 15.9 Å². The number of ether oxygens (including phenoxy) is 1. The normalized spacial score (nSPS) is 10.2. The molecule has 0 atom stereocenters. The number of methoxy groups -OCH3 is 1. The summed E-state index contributed by atoms with van der Waals surface area (Å²) < 4.78 is 5.14. The van der Waals surface area contributed by atoms with Crippen molar-refractivity contribution in [1.29, 1.82) is 0 Å². The van der Waals surface area contributed by atoms with E-state index in [-0.39, 0.29) is 5.91 Å². The fraction of sp³-hybridized carbons (Fsp3) is 0.100. The topological polar surface area (TPSA) is 63.2 Å². The van der Waals surface area contributed by atoms with Gasteiger partial charge in [0.05, 0.1) is 24.6 Å². The number of nitrogens with one attached hydrogen (secondary N) is 2. The lowest BCUT2D eigenvalue weighted by Crippen LogP contribution is -2.12. The molecule has 2 N–H and O–H groups in total. The Morgan fingerprint density at radius 1 is 0.920 bits per heavy atom. The zero-order valence-electron chi connectivity index (χ0n) is 14.1. The lowest BCUT2D eigenvalue weighted by atomic mass is 10.2. The fourth-order valence-electron chi connectivity index (χ4n) is 2.31. The van der Waals surface area contributed by atoms with Crippen LogP contribution in [0, 0.1) is 6.92 Å². The van der Waals surface area contributed by atoms with Crippen molar-refractivity contribution in [2.75, 3.05) is 17.7 Å². The largest absolute Gasteiger partial charge is 0.497 e. The number of pyridine rings is 1. The predicted octanol–water partition coefficient (Wildman–Crippen LogP) is 4.39. The molecule has 0 fully saturated rings. The van der Waals surface area contributed by atoms with Crippen LogP contribution in [0.2, 0.25) is 0 Å². The Morgan fingerprint density at radius 2 is 1.60 bits per heavy atom. The summed E-state index contributed by atoms with van der Waals surface area (Å²) in [6.07, 6.45) is 3.22. The van der Waals surface area contributed by atoms with Crippen molar-refractivity contribution >= 4 is 23.0 Å². The van der Waals surface area contributed by atoms with Crippen molar-refractivity contribution in [3.05, 3.63) is 78.1 Å². The molecule has 0 aliphatic heterocycles. The Bertz CT molecular complexity index is 859. The lowest BCUT2D eigenvalue weighted by molar-refractivity contribution is 0.102. The number of aryl methyl sites for hydroxylation is 1. The summed E-state index contributed by atoms with van der Waals surface area (Å²) in [4.78, 5) is 16.5. The van der Waals surface area contributed by atoms with E-state index in [2.05, 4.69) is 15.6 Å². The fourth-order valence-corrected chi connectivity index (χ4v) is 2.31. The summed E-state index contributed by atoms with van der Waals surface area (Å²) in [5, 5.41) is 6.09. The van der Waals surface area contributed by atoms with Crippen LogP contribution in [0.5, 0.6) is 5.75 Å². The summed E-state index contributed by atoms with van der Waals surface area (Å²) in [7, 11) is 1.63. The van der Waals surface area contributed by atoms with Crippen molar-refractivity contribution < 1.29 is 9.53 Å². The number of carbonyl (C=O) groups is 1. The first-order valence-electron chi connectivity index (χ1n) is 7.88. The molecule has 0 unspecified atom stereocenters. The van der Waals surface area contributed by atoms with Gasteiger partial charge in [-0.3, -0.25) is 9.78 Å². The molecular weight excluding hydrogens is 314 g/mol. The van der Waals surface area contributed by atoms with Gasteiger partial charge in [-0.25, -0.2) is 0 Å². The second kappa shape index (κ2) is 7.49. The Hall–Kier alpha value is -3.34. The number of hydrogen-bond donors (Lipinski definition) is 2. The van der Waals surface area contributed by atoms with E-state index >= 15 is 0 Å². The minimum atomic E-state index is -0.199. The maximum absolute atomic E-state index is 12.4. The van der Waals surface area contributed by atoms with Crippen LogP contribution in [0.3, 0.4) is 0 Å². The average Bonchev–Trinajstić information content (AvgIpc) is 2.64. The minimum absolute atomic E-state index is 0.199. The number of benzene rings is 2. The summed E-state index contributed by atoms with van der Waals surface area (Å²) in [5.74, 6) is 0.588. The third-order valence-corrected chi connectivity index (χ3v) is 3.69. The van der Waals surface area contributed by atoms with E-state index in [0.717, 1.165) is 28.4 Å². The minimum Gasteiger partial charge on any atom is -0.497 e. The molecule has 5 nitrogen and oxygen atoms in total. The first kappa shape index (κ1) is 16.5. The van der Waals surface area contributed by atoms with Crippen LogP contribution in [0.4, 0.5) is 17.1 Å². The highest BCUT2D eigenvalue weighted by Gasteiger charge is 2.08. The molecule has 3 aromatic rings. The van der Waals surface area contributed by atoms with Crippen molar-refractivity contribution in [1.82, 2.24) is 4.98 Å². The van der Waals surface area contributed by atoms with E-state index in [0.29, 0.717) is 5.56 Å². The molecule has 1 aromatic heterocycles. The average molecular weight is 333 g/mol. The van der Waals surface area contributed by atoms with Gasteiger partial charge in [0.25, 0.3) is 5.91 Å². The van der Waals surface area contributed by atoms with Gasteiger partial charge >= 0.3 is 0 Å². The van der Waals surface area contributed by atoms with Crippen LogP contribution < -0.4 is 15.4 Å². The molecule has 1 amide bonds. The van der Waals surface area contributed by atoms with Gasteiger partial charge in [0.1, 0.15) is 5.75 Å². The zero-order chi connectivity index (χ0) is 17.6. The predicted molar refractivity (Wildman–Crippen MR) is 99.6 cm³/mol. The number of anilines is 3. The van der Waals surface area contributed by atoms with Gasteiger partial charge in [-0.15, -0.1) is 0 Å². The first-order chi connectivity index (χ1) is 12.1. The van der Waals surface area contributed by atoms with Crippen LogP contribution >= 0.6 is 0 Å². The third-order valence-electron chi connectivity index (χ3n) is 3.69. The van der Waals surface area contributed by atoms with Gasteiger partial charge in [0.15, 0.2) is 0 Å². The maximum Gasteiger partial charge on any atom is 0.257 e. The van der Waals surface area contributed by atoms with E-state index < -0.39 is 0 Å². The Morgan fingerprint density at radius 3 is 2.28 bits per heavy atom. The van der Waals surface area contributed by atoms with E-state index in [1.807, 2.05) is 55.5 Å². The van der Waals surface area contributed by atoms with E-state index in [1.165, 1.54) is 0 Å². The molecule has 0 aliphatic carbocycles. The van der Waals surface area contributed by atoms with Crippen molar-refractivity contribution in [3.8, 4) is 5.75 Å². The summed E-state index contributed by atoms with van der Waals surface area (Å²) in [6.45, 7) is 2.00. The third kappa shape index (κ3) is 4.35. The van der Waals surface area contributed by atoms with E-state index in [9.17, 15) is 4.79 Å². The molecule has 0 spiro atoms. The number of nitrogens with zero attached hydrogens (tertiary/aromatic N) is 1. The summed E-state index contributed by atoms with van der Waals surface area (Å²) in [6, 6.07) is 17.0.